The Morgan fingerprint density at radius 1 is 1.38 bits per heavy atom. The summed E-state index contributed by atoms with van der Waals surface area (Å²) in [4.78, 5) is 0. The van der Waals surface area contributed by atoms with E-state index in [0.717, 1.165) is 31.2 Å². The minimum Gasteiger partial charge on any atom is -0.508 e. The molecule has 3 nitrogen and oxygen atoms in total. The van der Waals surface area contributed by atoms with E-state index in [0.29, 0.717) is 18.4 Å². The molecule has 0 spiro atoms. The van der Waals surface area contributed by atoms with Crippen LogP contribution in [0.3, 0.4) is 0 Å². The van der Waals surface area contributed by atoms with Gasteiger partial charge in [0.2, 0.25) is 0 Å². The van der Waals surface area contributed by atoms with Gasteiger partial charge in [-0.3, -0.25) is 0 Å². The van der Waals surface area contributed by atoms with Crippen LogP contribution >= 0.6 is 0 Å². The van der Waals surface area contributed by atoms with Gasteiger partial charge >= 0.3 is 0 Å². The highest BCUT2D eigenvalue weighted by molar-refractivity contribution is 5.26. The van der Waals surface area contributed by atoms with Gasteiger partial charge in [0.1, 0.15) is 5.75 Å². The largest absolute Gasteiger partial charge is 0.508 e. The Balaban J connectivity index is 1.82. The minimum absolute atomic E-state index is 0.283. The summed E-state index contributed by atoms with van der Waals surface area (Å²) < 4.78 is 5.80. The zero-order valence-corrected chi connectivity index (χ0v) is 9.43. The molecular formula is C13H19NO2. The maximum atomic E-state index is 9.32. The molecule has 0 amide bonds. The molecule has 88 valence electrons. The molecular weight excluding hydrogens is 202 g/mol. The summed E-state index contributed by atoms with van der Waals surface area (Å²) in [6, 6.07) is 7.49. The molecule has 16 heavy (non-hydrogen) atoms. The van der Waals surface area contributed by atoms with Gasteiger partial charge in [0, 0.05) is 6.04 Å². The Labute approximate surface area is 96.2 Å². The van der Waals surface area contributed by atoms with E-state index in [-0.39, 0.29) is 6.10 Å². The van der Waals surface area contributed by atoms with Crippen molar-refractivity contribution in [1.29, 1.82) is 0 Å². The van der Waals surface area contributed by atoms with Gasteiger partial charge < -0.3 is 15.6 Å². The molecule has 3 heteroatoms. The van der Waals surface area contributed by atoms with E-state index in [1.54, 1.807) is 12.1 Å². The number of benzene rings is 1. The molecule has 0 radical (unpaired) electrons. The fourth-order valence-corrected chi connectivity index (χ4v) is 2.19. The molecule has 3 N–H and O–H groups in total. The molecule has 2 rings (SSSR count). The summed E-state index contributed by atoms with van der Waals surface area (Å²) in [5.74, 6) is 0.293. The van der Waals surface area contributed by atoms with Crippen molar-refractivity contribution in [1.82, 2.24) is 0 Å². The van der Waals surface area contributed by atoms with Crippen LogP contribution in [0, 0.1) is 0 Å². The molecule has 2 unspecified atom stereocenters. The molecule has 2 atom stereocenters. The Hall–Kier alpha value is -1.06. The minimum atomic E-state index is 0.283. The van der Waals surface area contributed by atoms with Gasteiger partial charge in [0.25, 0.3) is 0 Å². The summed E-state index contributed by atoms with van der Waals surface area (Å²) >= 11 is 0. The Morgan fingerprint density at radius 2 is 2.25 bits per heavy atom. The van der Waals surface area contributed by atoms with Crippen molar-refractivity contribution in [3.63, 3.8) is 0 Å². The van der Waals surface area contributed by atoms with E-state index in [4.69, 9.17) is 10.5 Å². The third-order valence-corrected chi connectivity index (χ3v) is 3.06. The molecule has 1 aliphatic rings. The van der Waals surface area contributed by atoms with Crippen molar-refractivity contribution in [3.8, 4) is 5.75 Å². The SMILES string of the molecule is NC1CCCC(OCc2cccc(O)c2)C1. The lowest BCUT2D eigenvalue weighted by Gasteiger charge is -2.26. The van der Waals surface area contributed by atoms with Crippen LogP contribution in [0.15, 0.2) is 24.3 Å². The first-order valence-corrected chi connectivity index (χ1v) is 5.89. The molecule has 1 saturated carbocycles. The van der Waals surface area contributed by atoms with Gasteiger partial charge in [-0.1, -0.05) is 12.1 Å². The van der Waals surface area contributed by atoms with Crippen molar-refractivity contribution in [3.05, 3.63) is 29.8 Å². The molecule has 0 aromatic heterocycles. The highest BCUT2D eigenvalue weighted by Crippen LogP contribution is 2.21. The van der Waals surface area contributed by atoms with Crippen LogP contribution in [0.2, 0.25) is 0 Å². The first-order valence-electron chi connectivity index (χ1n) is 5.89. The molecule has 0 saturated heterocycles. The first-order chi connectivity index (χ1) is 7.74. The van der Waals surface area contributed by atoms with Gasteiger partial charge in [-0.15, -0.1) is 0 Å². The predicted molar refractivity (Wildman–Crippen MR) is 63.1 cm³/mol. The highest BCUT2D eigenvalue weighted by Gasteiger charge is 2.19. The topological polar surface area (TPSA) is 55.5 Å². The lowest BCUT2D eigenvalue weighted by atomic mass is 9.93. The number of phenolic OH excluding ortho intramolecular Hbond substituents is 1. The van der Waals surface area contributed by atoms with Crippen molar-refractivity contribution in [2.75, 3.05) is 0 Å². The van der Waals surface area contributed by atoms with Crippen LogP contribution in [0.4, 0.5) is 0 Å². The fourth-order valence-electron chi connectivity index (χ4n) is 2.19. The lowest BCUT2D eigenvalue weighted by Crippen LogP contribution is -2.32. The summed E-state index contributed by atoms with van der Waals surface area (Å²) in [5, 5.41) is 9.32. The average molecular weight is 221 g/mol. The monoisotopic (exact) mass is 221 g/mol. The zero-order valence-electron chi connectivity index (χ0n) is 9.43. The van der Waals surface area contributed by atoms with Crippen molar-refractivity contribution in [2.24, 2.45) is 5.73 Å². The third kappa shape index (κ3) is 3.22. The van der Waals surface area contributed by atoms with Crippen molar-refractivity contribution in [2.45, 2.75) is 44.4 Å². The molecule has 0 aliphatic heterocycles. The van der Waals surface area contributed by atoms with Crippen LogP contribution < -0.4 is 5.73 Å². The van der Waals surface area contributed by atoms with E-state index >= 15 is 0 Å². The number of hydrogen-bond donors (Lipinski definition) is 2. The van der Waals surface area contributed by atoms with Gasteiger partial charge in [0.05, 0.1) is 12.7 Å². The second kappa shape index (κ2) is 5.32. The number of ether oxygens (including phenoxy) is 1. The van der Waals surface area contributed by atoms with E-state index in [1.165, 1.54) is 0 Å². The molecule has 1 fully saturated rings. The number of aromatic hydroxyl groups is 1. The smallest absolute Gasteiger partial charge is 0.115 e. The van der Waals surface area contributed by atoms with Gasteiger partial charge in [-0.05, 0) is 43.4 Å². The number of hydrogen-bond acceptors (Lipinski definition) is 3. The maximum Gasteiger partial charge on any atom is 0.115 e. The Morgan fingerprint density at radius 3 is 3.00 bits per heavy atom. The Kier molecular flexibility index (Phi) is 3.80. The standard InChI is InChI=1S/C13H19NO2/c14-11-4-2-6-13(8-11)16-9-10-3-1-5-12(15)7-10/h1,3,5,7,11,13,15H,2,4,6,8-9,14H2. The van der Waals surface area contributed by atoms with Crippen molar-refractivity contribution >= 4 is 0 Å². The van der Waals surface area contributed by atoms with E-state index in [9.17, 15) is 5.11 Å². The molecule has 0 bridgehead atoms. The van der Waals surface area contributed by atoms with Crippen molar-refractivity contribution < 1.29 is 9.84 Å². The Bertz CT molecular complexity index is 340. The number of nitrogens with two attached hydrogens (primary N) is 1. The summed E-state index contributed by atoms with van der Waals surface area (Å²) in [6.45, 7) is 0.561. The van der Waals surface area contributed by atoms with E-state index in [1.807, 2.05) is 12.1 Å². The molecule has 1 aromatic carbocycles. The fraction of sp³-hybridized carbons (Fsp3) is 0.538. The summed E-state index contributed by atoms with van der Waals surface area (Å²) in [7, 11) is 0. The second-order valence-corrected chi connectivity index (χ2v) is 4.53. The maximum absolute atomic E-state index is 9.32. The second-order valence-electron chi connectivity index (χ2n) is 4.53. The predicted octanol–water partition coefficient (Wildman–Crippen LogP) is 2.18. The van der Waals surface area contributed by atoms with Gasteiger partial charge in [-0.25, -0.2) is 0 Å². The summed E-state index contributed by atoms with van der Waals surface area (Å²) in [6.07, 6.45) is 4.62. The van der Waals surface area contributed by atoms with E-state index < -0.39 is 0 Å². The van der Waals surface area contributed by atoms with Gasteiger partial charge in [0.15, 0.2) is 0 Å². The quantitative estimate of drug-likeness (QED) is 0.822. The zero-order chi connectivity index (χ0) is 11.4. The first kappa shape index (κ1) is 11.4. The molecule has 1 aromatic rings. The third-order valence-electron chi connectivity index (χ3n) is 3.06. The number of phenols is 1. The average Bonchev–Trinajstić information content (AvgIpc) is 2.27. The normalized spacial score (nSPS) is 25.6. The van der Waals surface area contributed by atoms with Gasteiger partial charge in [-0.2, -0.15) is 0 Å². The van der Waals surface area contributed by atoms with Crippen LogP contribution in [0.1, 0.15) is 31.2 Å². The van der Waals surface area contributed by atoms with Crippen LogP contribution in [-0.2, 0) is 11.3 Å². The molecule has 1 aliphatic carbocycles. The lowest BCUT2D eigenvalue weighted by molar-refractivity contribution is 0.0122. The molecule has 0 heterocycles. The van der Waals surface area contributed by atoms with E-state index in [2.05, 4.69) is 0 Å². The van der Waals surface area contributed by atoms with Crippen LogP contribution in [0.25, 0.3) is 0 Å². The summed E-state index contributed by atoms with van der Waals surface area (Å²) in [5.41, 5.74) is 6.91. The highest BCUT2D eigenvalue weighted by atomic mass is 16.5. The van der Waals surface area contributed by atoms with Crippen LogP contribution in [-0.4, -0.2) is 17.3 Å². The number of rotatable bonds is 3. The van der Waals surface area contributed by atoms with Crippen LogP contribution in [0.5, 0.6) is 5.75 Å².